The molecule has 0 fully saturated rings. The van der Waals surface area contributed by atoms with Gasteiger partial charge in [-0.15, -0.1) is 0 Å². The fourth-order valence-electron chi connectivity index (χ4n) is 2.29. The number of nitrogens with one attached hydrogen (secondary N) is 1. The fraction of sp³-hybridized carbons (Fsp3) is 0.222. The SMILES string of the molecule is CC(=O)N(CC(=O)NCc1ccc(F)cc1)c1ccc(Cl)cc1C. The number of anilines is 1. The van der Waals surface area contributed by atoms with E-state index >= 15 is 0 Å². The first-order valence-corrected chi connectivity index (χ1v) is 7.80. The highest BCUT2D eigenvalue weighted by atomic mass is 35.5. The second-order valence-corrected chi connectivity index (χ2v) is 5.88. The number of amides is 2. The van der Waals surface area contributed by atoms with Crippen molar-refractivity contribution in [3.63, 3.8) is 0 Å². The number of benzene rings is 2. The van der Waals surface area contributed by atoms with Crippen molar-refractivity contribution < 1.29 is 14.0 Å². The fourth-order valence-corrected chi connectivity index (χ4v) is 2.52. The Morgan fingerprint density at radius 3 is 2.42 bits per heavy atom. The van der Waals surface area contributed by atoms with E-state index in [1.165, 1.54) is 24.0 Å². The summed E-state index contributed by atoms with van der Waals surface area (Å²) < 4.78 is 12.9. The average Bonchev–Trinajstić information content (AvgIpc) is 2.52. The zero-order valence-electron chi connectivity index (χ0n) is 13.5. The van der Waals surface area contributed by atoms with Gasteiger partial charge in [-0.25, -0.2) is 4.39 Å². The van der Waals surface area contributed by atoms with Gasteiger partial charge in [-0.1, -0.05) is 23.7 Å². The van der Waals surface area contributed by atoms with Crippen LogP contribution in [0.15, 0.2) is 42.5 Å². The first kappa shape index (κ1) is 17.9. The van der Waals surface area contributed by atoms with E-state index in [1.54, 1.807) is 30.3 Å². The van der Waals surface area contributed by atoms with Gasteiger partial charge in [0.15, 0.2) is 0 Å². The van der Waals surface area contributed by atoms with E-state index in [1.807, 2.05) is 6.92 Å². The Balaban J connectivity index is 2.03. The summed E-state index contributed by atoms with van der Waals surface area (Å²) in [5.41, 5.74) is 2.23. The van der Waals surface area contributed by atoms with Crippen molar-refractivity contribution in [1.82, 2.24) is 5.32 Å². The zero-order chi connectivity index (χ0) is 17.7. The Bertz CT molecular complexity index is 747. The van der Waals surface area contributed by atoms with Gasteiger partial charge in [-0.3, -0.25) is 9.59 Å². The molecule has 2 aromatic carbocycles. The van der Waals surface area contributed by atoms with Crippen molar-refractivity contribution in [1.29, 1.82) is 0 Å². The predicted octanol–water partition coefficient (Wildman–Crippen LogP) is 3.46. The third-order valence-electron chi connectivity index (χ3n) is 3.53. The minimum atomic E-state index is -0.328. The van der Waals surface area contributed by atoms with Gasteiger partial charge in [0, 0.05) is 24.2 Å². The van der Waals surface area contributed by atoms with Crippen molar-refractivity contribution in [2.45, 2.75) is 20.4 Å². The Labute approximate surface area is 145 Å². The van der Waals surface area contributed by atoms with Crippen LogP contribution < -0.4 is 10.2 Å². The topological polar surface area (TPSA) is 49.4 Å². The van der Waals surface area contributed by atoms with Gasteiger partial charge in [0.2, 0.25) is 11.8 Å². The normalized spacial score (nSPS) is 10.3. The van der Waals surface area contributed by atoms with E-state index < -0.39 is 0 Å². The van der Waals surface area contributed by atoms with Crippen LogP contribution in [0.3, 0.4) is 0 Å². The molecule has 0 bridgehead atoms. The molecule has 6 heteroatoms. The van der Waals surface area contributed by atoms with E-state index in [0.29, 0.717) is 10.7 Å². The highest BCUT2D eigenvalue weighted by Gasteiger charge is 2.17. The number of hydrogen-bond donors (Lipinski definition) is 1. The Hall–Kier alpha value is -2.40. The van der Waals surface area contributed by atoms with Crippen LogP contribution in [0.25, 0.3) is 0 Å². The summed E-state index contributed by atoms with van der Waals surface area (Å²) in [6.45, 7) is 3.40. The van der Waals surface area contributed by atoms with Gasteiger partial charge in [0.1, 0.15) is 12.4 Å². The molecule has 0 spiro atoms. The van der Waals surface area contributed by atoms with Gasteiger partial charge < -0.3 is 10.2 Å². The van der Waals surface area contributed by atoms with Crippen LogP contribution in [0.4, 0.5) is 10.1 Å². The predicted molar refractivity (Wildman–Crippen MR) is 92.5 cm³/mol. The molecule has 0 unspecified atom stereocenters. The highest BCUT2D eigenvalue weighted by molar-refractivity contribution is 6.30. The first-order valence-electron chi connectivity index (χ1n) is 7.42. The van der Waals surface area contributed by atoms with E-state index in [2.05, 4.69) is 5.32 Å². The van der Waals surface area contributed by atoms with Crippen molar-refractivity contribution in [3.8, 4) is 0 Å². The molecular formula is C18H18ClFN2O2. The van der Waals surface area contributed by atoms with Gasteiger partial charge in [0.25, 0.3) is 0 Å². The average molecular weight is 349 g/mol. The number of nitrogens with zero attached hydrogens (tertiary/aromatic N) is 1. The minimum absolute atomic E-state index is 0.0982. The lowest BCUT2D eigenvalue weighted by Gasteiger charge is -2.22. The number of hydrogen-bond acceptors (Lipinski definition) is 2. The molecule has 1 N–H and O–H groups in total. The minimum Gasteiger partial charge on any atom is -0.350 e. The first-order chi connectivity index (χ1) is 11.4. The second kappa shape index (κ2) is 7.93. The van der Waals surface area contributed by atoms with Crippen molar-refractivity contribution in [2.75, 3.05) is 11.4 Å². The molecule has 24 heavy (non-hydrogen) atoms. The van der Waals surface area contributed by atoms with Gasteiger partial charge in [-0.2, -0.15) is 0 Å². The lowest BCUT2D eigenvalue weighted by molar-refractivity contribution is -0.123. The zero-order valence-corrected chi connectivity index (χ0v) is 14.2. The lowest BCUT2D eigenvalue weighted by atomic mass is 10.1. The summed E-state index contributed by atoms with van der Waals surface area (Å²) in [6, 6.07) is 11.0. The third-order valence-corrected chi connectivity index (χ3v) is 3.77. The Kier molecular flexibility index (Phi) is 5.93. The van der Waals surface area contributed by atoms with E-state index in [0.717, 1.165) is 11.1 Å². The summed E-state index contributed by atoms with van der Waals surface area (Å²) in [4.78, 5) is 25.4. The second-order valence-electron chi connectivity index (χ2n) is 5.44. The molecule has 2 rings (SSSR count). The molecule has 0 heterocycles. The summed E-state index contributed by atoms with van der Waals surface area (Å²) in [5, 5.41) is 3.29. The molecule has 2 amide bonds. The molecule has 0 aliphatic rings. The van der Waals surface area contributed by atoms with Crippen molar-refractivity contribution in [3.05, 3.63) is 64.4 Å². The van der Waals surface area contributed by atoms with E-state index in [-0.39, 0.29) is 30.7 Å². The van der Waals surface area contributed by atoms with Crippen LogP contribution in [-0.4, -0.2) is 18.4 Å². The highest BCUT2D eigenvalue weighted by Crippen LogP contribution is 2.23. The van der Waals surface area contributed by atoms with Gasteiger partial charge in [0.05, 0.1) is 0 Å². The van der Waals surface area contributed by atoms with Crippen LogP contribution in [0.1, 0.15) is 18.1 Å². The third kappa shape index (κ3) is 4.80. The summed E-state index contributed by atoms with van der Waals surface area (Å²) in [5.74, 6) is -0.868. The smallest absolute Gasteiger partial charge is 0.240 e. The van der Waals surface area contributed by atoms with Crippen LogP contribution in [0.2, 0.25) is 5.02 Å². The maximum absolute atomic E-state index is 12.9. The molecule has 0 saturated heterocycles. The van der Waals surface area contributed by atoms with Crippen LogP contribution in [-0.2, 0) is 16.1 Å². The summed E-state index contributed by atoms with van der Waals surface area (Å²) in [7, 11) is 0. The molecule has 4 nitrogen and oxygen atoms in total. The van der Waals surface area contributed by atoms with Crippen LogP contribution in [0, 0.1) is 12.7 Å². The molecule has 0 aliphatic carbocycles. The molecule has 0 aromatic heterocycles. The number of rotatable bonds is 5. The molecule has 2 aromatic rings. The van der Waals surface area contributed by atoms with Crippen molar-refractivity contribution in [2.24, 2.45) is 0 Å². The van der Waals surface area contributed by atoms with Gasteiger partial charge in [-0.05, 0) is 48.4 Å². The number of aryl methyl sites for hydroxylation is 1. The van der Waals surface area contributed by atoms with E-state index in [4.69, 9.17) is 11.6 Å². The summed E-state index contributed by atoms with van der Waals surface area (Å²) >= 11 is 5.93. The molecule has 0 saturated carbocycles. The molecule has 0 aliphatic heterocycles. The number of halogens is 2. The Morgan fingerprint density at radius 2 is 1.83 bits per heavy atom. The van der Waals surface area contributed by atoms with Crippen LogP contribution in [0.5, 0.6) is 0 Å². The molecule has 0 radical (unpaired) electrons. The molecule has 0 atom stereocenters. The number of carbonyl (C=O) groups is 2. The molecular weight excluding hydrogens is 331 g/mol. The quantitative estimate of drug-likeness (QED) is 0.899. The number of carbonyl (C=O) groups excluding carboxylic acids is 2. The molecule has 126 valence electrons. The lowest BCUT2D eigenvalue weighted by Crippen LogP contribution is -2.40. The van der Waals surface area contributed by atoms with Crippen molar-refractivity contribution >= 4 is 29.1 Å². The summed E-state index contributed by atoms with van der Waals surface area (Å²) in [6.07, 6.45) is 0. The van der Waals surface area contributed by atoms with E-state index in [9.17, 15) is 14.0 Å². The maximum atomic E-state index is 12.9. The largest absolute Gasteiger partial charge is 0.350 e. The van der Waals surface area contributed by atoms with Crippen LogP contribution >= 0.6 is 11.6 Å². The van der Waals surface area contributed by atoms with Gasteiger partial charge >= 0.3 is 0 Å². The standard InChI is InChI=1S/C18H18ClFN2O2/c1-12-9-15(19)5-8-17(12)22(13(2)23)11-18(24)21-10-14-3-6-16(20)7-4-14/h3-9H,10-11H2,1-2H3,(H,21,24). The maximum Gasteiger partial charge on any atom is 0.240 e. The Morgan fingerprint density at radius 1 is 1.17 bits per heavy atom. The monoisotopic (exact) mass is 348 g/mol.